The Labute approximate surface area is 150 Å². The lowest BCUT2D eigenvalue weighted by Crippen LogP contribution is -2.30. The first-order chi connectivity index (χ1) is 12.1. The topological polar surface area (TPSA) is 29.5 Å². The molecule has 0 fully saturated rings. The van der Waals surface area contributed by atoms with Crippen LogP contribution in [0.25, 0.3) is 12.2 Å². The van der Waals surface area contributed by atoms with Crippen LogP contribution in [0.5, 0.6) is 0 Å². The Bertz CT molecular complexity index is 648. The van der Waals surface area contributed by atoms with E-state index in [4.69, 9.17) is 4.74 Å². The van der Waals surface area contributed by atoms with E-state index in [0.29, 0.717) is 19.7 Å². The van der Waals surface area contributed by atoms with Gasteiger partial charge < -0.3 is 4.74 Å². The van der Waals surface area contributed by atoms with Gasteiger partial charge in [0.1, 0.15) is 0 Å². The lowest BCUT2D eigenvalue weighted by Gasteiger charge is -2.22. The molecule has 0 saturated carbocycles. The van der Waals surface area contributed by atoms with Crippen molar-refractivity contribution in [1.82, 2.24) is 4.90 Å². The van der Waals surface area contributed by atoms with E-state index in [1.54, 1.807) is 0 Å². The van der Waals surface area contributed by atoms with E-state index >= 15 is 0 Å². The van der Waals surface area contributed by atoms with E-state index in [1.165, 1.54) is 0 Å². The molecule has 0 radical (unpaired) electrons. The summed E-state index contributed by atoms with van der Waals surface area (Å²) in [6.45, 7) is 11.4. The minimum absolute atomic E-state index is 0.201. The fourth-order valence-corrected chi connectivity index (χ4v) is 2.59. The summed E-state index contributed by atoms with van der Waals surface area (Å²) in [6, 6.07) is 16.4. The minimum atomic E-state index is -0.201. The van der Waals surface area contributed by atoms with Crippen molar-refractivity contribution in [1.29, 1.82) is 0 Å². The first-order valence-electron chi connectivity index (χ1n) is 8.45. The summed E-state index contributed by atoms with van der Waals surface area (Å²) in [5.41, 5.74) is 4.47. The molecule has 2 aromatic rings. The van der Waals surface area contributed by atoms with Crippen molar-refractivity contribution in [2.75, 3.05) is 13.2 Å². The molecule has 0 atom stereocenters. The van der Waals surface area contributed by atoms with Crippen LogP contribution in [0, 0.1) is 0 Å². The molecule has 0 aliphatic carbocycles. The monoisotopic (exact) mass is 335 g/mol. The van der Waals surface area contributed by atoms with Crippen molar-refractivity contribution in [2.24, 2.45) is 0 Å². The number of nitrogens with zero attached hydrogens (tertiary/aromatic N) is 1. The molecule has 2 rings (SSSR count). The Morgan fingerprint density at radius 2 is 1.36 bits per heavy atom. The van der Waals surface area contributed by atoms with Gasteiger partial charge in [0.2, 0.25) is 0 Å². The molecule has 0 spiro atoms. The van der Waals surface area contributed by atoms with Crippen molar-refractivity contribution in [3.63, 3.8) is 0 Å². The number of hydrogen-bond acceptors (Lipinski definition) is 3. The molecule has 0 aliphatic heterocycles. The fraction of sp³-hybridized carbons (Fsp3) is 0.227. The molecule has 2 aromatic carbocycles. The van der Waals surface area contributed by atoms with Gasteiger partial charge in [-0.2, -0.15) is 0 Å². The maximum absolute atomic E-state index is 11.9. The van der Waals surface area contributed by atoms with Gasteiger partial charge in [0.25, 0.3) is 0 Å². The van der Waals surface area contributed by atoms with Crippen LogP contribution in [-0.2, 0) is 22.6 Å². The maximum Gasteiger partial charge on any atom is 0.320 e. The van der Waals surface area contributed by atoms with Gasteiger partial charge >= 0.3 is 5.97 Å². The summed E-state index contributed by atoms with van der Waals surface area (Å²) >= 11 is 0. The van der Waals surface area contributed by atoms with Crippen molar-refractivity contribution in [3.05, 3.63) is 83.9 Å². The average molecular weight is 335 g/mol. The Morgan fingerprint density at radius 1 is 0.920 bits per heavy atom. The molecule has 3 nitrogen and oxygen atoms in total. The quantitative estimate of drug-likeness (QED) is 0.630. The van der Waals surface area contributed by atoms with Gasteiger partial charge in [0, 0.05) is 13.1 Å². The predicted molar refractivity (Wildman–Crippen MR) is 104 cm³/mol. The van der Waals surface area contributed by atoms with Crippen LogP contribution < -0.4 is 0 Å². The predicted octanol–water partition coefficient (Wildman–Crippen LogP) is 4.54. The first kappa shape index (κ1) is 18.7. The molecular weight excluding hydrogens is 310 g/mol. The molecule has 0 aromatic heterocycles. The number of carbonyl (C=O) groups is 1. The highest BCUT2D eigenvalue weighted by Gasteiger charge is 2.13. The fourth-order valence-electron chi connectivity index (χ4n) is 2.59. The molecule has 25 heavy (non-hydrogen) atoms. The van der Waals surface area contributed by atoms with Gasteiger partial charge in [-0.15, -0.1) is 0 Å². The van der Waals surface area contributed by atoms with Crippen LogP contribution in [0.2, 0.25) is 0 Å². The Morgan fingerprint density at radius 3 is 1.72 bits per heavy atom. The van der Waals surface area contributed by atoms with Crippen LogP contribution in [0.15, 0.2) is 61.7 Å². The van der Waals surface area contributed by atoms with Gasteiger partial charge in [-0.25, -0.2) is 0 Å². The van der Waals surface area contributed by atoms with Crippen molar-refractivity contribution in [2.45, 2.75) is 20.0 Å². The number of esters is 1. The van der Waals surface area contributed by atoms with Crippen LogP contribution in [0.3, 0.4) is 0 Å². The SMILES string of the molecule is C=Cc1ccc(CN(CC(=O)OCC)Cc2ccc(C=C)cc2)cc1. The molecule has 0 bridgehead atoms. The van der Waals surface area contributed by atoms with Crippen LogP contribution in [0.1, 0.15) is 29.2 Å². The van der Waals surface area contributed by atoms with Crippen molar-refractivity contribution in [3.8, 4) is 0 Å². The highest BCUT2D eigenvalue weighted by atomic mass is 16.5. The molecule has 0 saturated heterocycles. The highest BCUT2D eigenvalue weighted by Crippen LogP contribution is 2.13. The van der Waals surface area contributed by atoms with Crippen molar-refractivity contribution < 1.29 is 9.53 Å². The summed E-state index contributed by atoms with van der Waals surface area (Å²) in [5.74, 6) is -0.201. The van der Waals surface area contributed by atoms with E-state index in [1.807, 2.05) is 43.3 Å². The number of benzene rings is 2. The second-order valence-electron chi connectivity index (χ2n) is 5.84. The van der Waals surface area contributed by atoms with Gasteiger partial charge in [-0.3, -0.25) is 9.69 Å². The number of hydrogen-bond donors (Lipinski definition) is 0. The largest absolute Gasteiger partial charge is 0.465 e. The van der Waals surface area contributed by atoms with E-state index in [2.05, 4.69) is 42.3 Å². The smallest absolute Gasteiger partial charge is 0.320 e. The van der Waals surface area contributed by atoms with Crippen LogP contribution >= 0.6 is 0 Å². The molecule has 0 aliphatic rings. The number of carbonyl (C=O) groups excluding carboxylic acids is 1. The van der Waals surface area contributed by atoms with Crippen molar-refractivity contribution >= 4 is 18.1 Å². The third-order valence-corrected chi connectivity index (χ3v) is 3.90. The lowest BCUT2D eigenvalue weighted by molar-refractivity contribution is -0.144. The Kier molecular flexibility index (Phi) is 7.17. The van der Waals surface area contributed by atoms with Gasteiger partial charge in [0.15, 0.2) is 0 Å². The second kappa shape index (κ2) is 9.60. The van der Waals surface area contributed by atoms with E-state index in [9.17, 15) is 4.79 Å². The zero-order valence-corrected chi connectivity index (χ0v) is 14.8. The van der Waals surface area contributed by atoms with E-state index in [-0.39, 0.29) is 12.5 Å². The summed E-state index contributed by atoms with van der Waals surface area (Å²) in [6.07, 6.45) is 3.64. The molecular formula is C22H25NO2. The zero-order valence-electron chi connectivity index (χ0n) is 14.8. The van der Waals surface area contributed by atoms with Gasteiger partial charge in [-0.1, -0.05) is 73.8 Å². The first-order valence-corrected chi connectivity index (χ1v) is 8.45. The zero-order chi connectivity index (χ0) is 18.1. The van der Waals surface area contributed by atoms with Gasteiger partial charge in [0.05, 0.1) is 13.2 Å². The highest BCUT2D eigenvalue weighted by molar-refractivity contribution is 5.71. The summed E-state index contributed by atoms with van der Waals surface area (Å²) in [7, 11) is 0. The van der Waals surface area contributed by atoms with E-state index in [0.717, 1.165) is 22.3 Å². The lowest BCUT2D eigenvalue weighted by atomic mass is 10.1. The molecule has 130 valence electrons. The molecule has 0 unspecified atom stereocenters. The third kappa shape index (κ3) is 6.05. The average Bonchev–Trinajstić information content (AvgIpc) is 2.63. The summed E-state index contributed by atoms with van der Waals surface area (Å²) < 4.78 is 5.11. The van der Waals surface area contributed by atoms with Crippen LogP contribution in [0.4, 0.5) is 0 Å². The molecule has 3 heteroatoms. The maximum atomic E-state index is 11.9. The third-order valence-electron chi connectivity index (χ3n) is 3.90. The number of rotatable bonds is 9. The minimum Gasteiger partial charge on any atom is -0.465 e. The molecule has 0 heterocycles. The van der Waals surface area contributed by atoms with Crippen LogP contribution in [-0.4, -0.2) is 24.0 Å². The Balaban J connectivity index is 2.11. The standard InChI is InChI=1S/C22H25NO2/c1-4-18-7-11-20(12-8-18)15-23(17-22(24)25-6-3)16-21-13-9-19(5-2)10-14-21/h4-5,7-14H,1-2,6,15-17H2,3H3. The molecule has 0 N–H and O–H groups in total. The van der Waals surface area contributed by atoms with E-state index < -0.39 is 0 Å². The second-order valence-corrected chi connectivity index (χ2v) is 5.84. The summed E-state index contributed by atoms with van der Waals surface area (Å²) in [5, 5.41) is 0. The Hall–Kier alpha value is -2.65. The molecule has 0 amide bonds. The normalized spacial score (nSPS) is 10.5. The summed E-state index contributed by atoms with van der Waals surface area (Å²) in [4.78, 5) is 14.0. The number of ether oxygens (including phenoxy) is 1. The van der Waals surface area contributed by atoms with Gasteiger partial charge in [-0.05, 0) is 29.2 Å².